The minimum atomic E-state index is -0.666. The van der Waals surface area contributed by atoms with E-state index >= 15 is 0 Å². The molecule has 7 heteroatoms. The van der Waals surface area contributed by atoms with Crippen molar-refractivity contribution >= 4 is 5.91 Å². The molecular formula is C11H11N5O2. The van der Waals surface area contributed by atoms with Crippen LogP contribution < -0.4 is 16.8 Å². The lowest BCUT2D eigenvalue weighted by Crippen LogP contribution is -2.34. The Bertz CT molecular complexity index is 650. The molecule has 0 aliphatic carbocycles. The zero-order chi connectivity index (χ0) is 13.1. The number of nitrogens with zero attached hydrogens (tertiary/aromatic N) is 2. The third-order valence-electron chi connectivity index (χ3n) is 2.35. The van der Waals surface area contributed by atoms with Crippen LogP contribution in [0.1, 0.15) is 15.9 Å². The van der Waals surface area contributed by atoms with E-state index in [9.17, 15) is 9.59 Å². The fourth-order valence-electron chi connectivity index (χ4n) is 1.50. The van der Waals surface area contributed by atoms with Crippen LogP contribution in [0.25, 0.3) is 11.3 Å². The molecule has 0 spiro atoms. The van der Waals surface area contributed by atoms with E-state index in [0.29, 0.717) is 11.3 Å². The summed E-state index contributed by atoms with van der Waals surface area (Å²) in [6.07, 6.45) is 3.29. The maximum Gasteiger partial charge on any atom is 0.277 e. The second-order valence-electron chi connectivity index (χ2n) is 3.72. The number of nitrogens with one attached hydrogen (secondary N) is 2. The molecule has 0 bridgehead atoms. The van der Waals surface area contributed by atoms with E-state index < -0.39 is 11.5 Å². The molecule has 18 heavy (non-hydrogen) atoms. The van der Waals surface area contributed by atoms with Crippen LogP contribution in [0.2, 0.25) is 0 Å². The maximum absolute atomic E-state index is 11.4. The number of rotatable bonds is 2. The third kappa shape index (κ3) is 2.25. The number of aromatic nitrogens is 3. The summed E-state index contributed by atoms with van der Waals surface area (Å²) >= 11 is 0. The van der Waals surface area contributed by atoms with Gasteiger partial charge in [0, 0.05) is 18.0 Å². The SMILES string of the molecule is Cc1cncc(-c2cc(C(=O)NN)c(=O)[nH]n2)c1. The smallest absolute Gasteiger partial charge is 0.277 e. The van der Waals surface area contributed by atoms with Crippen molar-refractivity contribution < 1.29 is 4.79 Å². The number of carbonyl (C=O) groups excluding carboxylic acids is 1. The molecule has 0 aromatic carbocycles. The van der Waals surface area contributed by atoms with E-state index in [4.69, 9.17) is 5.84 Å². The van der Waals surface area contributed by atoms with E-state index in [1.165, 1.54) is 6.07 Å². The van der Waals surface area contributed by atoms with Gasteiger partial charge in [0.15, 0.2) is 0 Å². The van der Waals surface area contributed by atoms with Crippen molar-refractivity contribution in [2.45, 2.75) is 6.92 Å². The second kappa shape index (κ2) is 4.76. The van der Waals surface area contributed by atoms with Gasteiger partial charge in [0.25, 0.3) is 11.5 Å². The first-order chi connectivity index (χ1) is 8.61. The molecule has 2 heterocycles. The molecule has 0 aliphatic heterocycles. The van der Waals surface area contributed by atoms with Gasteiger partial charge in [-0.1, -0.05) is 0 Å². The van der Waals surface area contributed by atoms with Gasteiger partial charge in [-0.15, -0.1) is 0 Å². The molecule has 2 aromatic heterocycles. The van der Waals surface area contributed by atoms with Gasteiger partial charge in [-0.2, -0.15) is 5.10 Å². The van der Waals surface area contributed by atoms with Gasteiger partial charge in [-0.25, -0.2) is 10.9 Å². The van der Waals surface area contributed by atoms with E-state index in [-0.39, 0.29) is 5.56 Å². The van der Waals surface area contributed by atoms with Crippen LogP contribution in [-0.4, -0.2) is 21.1 Å². The lowest BCUT2D eigenvalue weighted by molar-refractivity contribution is 0.0952. The van der Waals surface area contributed by atoms with E-state index in [1.54, 1.807) is 12.4 Å². The number of nitrogens with two attached hydrogens (primary N) is 1. The topological polar surface area (TPSA) is 114 Å². The van der Waals surface area contributed by atoms with Gasteiger partial charge in [-0.3, -0.25) is 20.0 Å². The van der Waals surface area contributed by atoms with Crippen LogP contribution in [-0.2, 0) is 0 Å². The molecule has 0 unspecified atom stereocenters. The molecule has 2 rings (SSSR count). The van der Waals surface area contributed by atoms with Crippen LogP contribution in [0.3, 0.4) is 0 Å². The number of hydrogen-bond acceptors (Lipinski definition) is 5. The van der Waals surface area contributed by atoms with Crippen LogP contribution >= 0.6 is 0 Å². The molecule has 0 saturated carbocycles. The van der Waals surface area contributed by atoms with Crippen molar-refractivity contribution in [1.29, 1.82) is 0 Å². The van der Waals surface area contributed by atoms with Crippen molar-refractivity contribution in [2.24, 2.45) is 5.84 Å². The second-order valence-corrected chi connectivity index (χ2v) is 3.72. The average Bonchev–Trinajstić information content (AvgIpc) is 2.38. The highest BCUT2D eigenvalue weighted by Gasteiger charge is 2.12. The first-order valence-electron chi connectivity index (χ1n) is 5.14. The summed E-state index contributed by atoms with van der Waals surface area (Å²) in [7, 11) is 0. The van der Waals surface area contributed by atoms with Gasteiger partial charge in [0.1, 0.15) is 5.56 Å². The van der Waals surface area contributed by atoms with E-state index in [1.807, 2.05) is 18.4 Å². The number of hydrogen-bond donors (Lipinski definition) is 3. The number of aromatic amines is 1. The van der Waals surface area contributed by atoms with Crippen LogP contribution in [0.5, 0.6) is 0 Å². The Kier molecular flexibility index (Phi) is 3.16. The molecule has 7 nitrogen and oxygen atoms in total. The Morgan fingerprint density at radius 2 is 2.17 bits per heavy atom. The van der Waals surface area contributed by atoms with Gasteiger partial charge in [-0.05, 0) is 24.6 Å². The summed E-state index contributed by atoms with van der Waals surface area (Å²) in [6, 6.07) is 3.22. The maximum atomic E-state index is 11.4. The van der Waals surface area contributed by atoms with Crippen LogP contribution in [0, 0.1) is 6.92 Å². The predicted molar refractivity (Wildman–Crippen MR) is 64.5 cm³/mol. The number of H-pyrrole nitrogens is 1. The molecule has 0 radical (unpaired) electrons. The Hall–Kier alpha value is -2.54. The molecule has 92 valence electrons. The van der Waals surface area contributed by atoms with E-state index in [0.717, 1.165) is 5.56 Å². The summed E-state index contributed by atoms with van der Waals surface area (Å²) in [5.41, 5.74) is 3.32. The van der Waals surface area contributed by atoms with Crippen molar-refractivity contribution in [3.8, 4) is 11.3 Å². The van der Waals surface area contributed by atoms with Gasteiger partial charge < -0.3 is 0 Å². The lowest BCUT2D eigenvalue weighted by atomic mass is 10.1. The fourth-order valence-corrected chi connectivity index (χ4v) is 1.50. The Balaban J connectivity index is 2.54. The monoisotopic (exact) mass is 245 g/mol. The Morgan fingerprint density at radius 3 is 2.83 bits per heavy atom. The summed E-state index contributed by atoms with van der Waals surface area (Å²) in [6.45, 7) is 1.88. The Morgan fingerprint density at radius 1 is 1.39 bits per heavy atom. The summed E-state index contributed by atoms with van der Waals surface area (Å²) < 4.78 is 0. The molecule has 0 fully saturated rings. The molecule has 2 aromatic rings. The largest absolute Gasteiger partial charge is 0.290 e. The molecule has 1 amide bonds. The Labute approximate surface area is 102 Å². The predicted octanol–water partition coefficient (Wildman–Crippen LogP) is -0.256. The number of amides is 1. The zero-order valence-corrected chi connectivity index (χ0v) is 9.60. The highest BCUT2D eigenvalue weighted by Crippen LogP contribution is 2.15. The highest BCUT2D eigenvalue weighted by atomic mass is 16.2. The minimum absolute atomic E-state index is 0.0935. The van der Waals surface area contributed by atoms with Gasteiger partial charge in [0.05, 0.1) is 5.69 Å². The molecule has 0 saturated heterocycles. The van der Waals surface area contributed by atoms with Crippen molar-refractivity contribution in [2.75, 3.05) is 0 Å². The zero-order valence-electron chi connectivity index (χ0n) is 9.60. The number of nitrogen functional groups attached to an aromatic ring is 1. The van der Waals surface area contributed by atoms with Crippen LogP contribution in [0.4, 0.5) is 0 Å². The third-order valence-corrected chi connectivity index (χ3v) is 2.35. The number of pyridine rings is 1. The number of hydrazine groups is 1. The average molecular weight is 245 g/mol. The first kappa shape index (κ1) is 11.9. The molecule has 4 N–H and O–H groups in total. The molecule has 0 aliphatic rings. The van der Waals surface area contributed by atoms with Gasteiger partial charge >= 0.3 is 0 Å². The quantitative estimate of drug-likeness (QED) is 0.383. The number of aryl methyl sites for hydroxylation is 1. The fraction of sp³-hybridized carbons (Fsp3) is 0.0909. The first-order valence-corrected chi connectivity index (χ1v) is 5.14. The summed E-state index contributed by atoms with van der Waals surface area (Å²) in [4.78, 5) is 26.8. The summed E-state index contributed by atoms with van der Waals surface area (Å²) in [5.74, 6) is 4.33. The standard InChI is InChI=1S/C11H11N5O2/c1-6-2-7(5-13-4-6)9-3-8(10(17)14-12)11(18)16-15-9/h2-5H,12H2,1H3,(H,14,17)(H,16,18). The molecular weight excluding hydrogens is 234 g/mol. The lowest BCUT2D eigenvalue weighted by Gasteiger charge is -2.03. The van der Waals surface area contributed by atoms with Gasteiger partial charge in [0.2, 0.25) is 0 Å². The normalized spacial score (nSPS) is 10.1. The summed E-state index contributed by atoms with van der Waals surface area (Å²) in [5, 5.41) is 6.12. The van der Waals surface area contributed by atoms with E-state index in [2.05, 4.69) is 15.2 Å². The van der Waals surface area contributed by atoms with Crippen LogP contribution in [0.15, 0.2) is 29.3 Å². The number of carbonyl (C=O) groups is 1. The minimum Gasteiger partial charge on any atom is -0.290 e. The molecule has 0 atom stereocenters. The van der Waals surface area contributed by atoms with Crippen molar-refractivity contribution in [3.05, 3.63) is 46.0 Å². The van der Waals surface area contributed by atoms with Crippen molar-refractivity contribution in [1.82, 2.24) is 20.6 Å². The van der Waals surface area contributed by atoms with Crippen molar-refractivity contribution in [3.63, 3.8) is 0 Å². The highest BCUT2D eigenvalue weighted by molar-refractivity contribution is 5.94.